The van der Waals surface area contributed by atoms with Crippen LogP contribution < -0.4 is 5.32 Å². The van der Waals surface area contributed by atoms with E-state index in [2.05, 4.69) is 32.2 Å². The smallest absolute Gasteiger partial charge is 0.263 e. The van der Waals surface area contributed by atoms with E-state index < -0.39 is 6.43 Å². The lowest BCUT2D eigenvalue weighted by Gasteiger charge is -2.13. The summed E-state index contributed by atoms with van der Waals surface area (Å²) in [5.41, 5.74) is 2.34. The lowest BCUT2D eigenvalue weighted by Crippen LogP contribution is -2.19. The zero-order chi connectivity index (χ0) is 14.3. The summed E-state index contributed by atoms with van der Waals surface area (Å²) in [5, 5.41) is 3.38. The number of hydrogen-bond donors (Lipinski definition) is 1. The molecule has 0 saturated carbocycles. The fourth-order valence-electron chi connectivity index (χ4n) is 1.78. The third kappa shape index (κ3) is 5.52. The van der Waals surface area contributed by atoms with E-state index in [1.165, 1.54) is 17.7 Å². The van der Waals surface area contributed by atoms with E-state index >= 15 is 0 Å². The van der Waals surface area contributed by atoms with Crippen molar-refractivity contribution >= 4 is 6.08 Å². The number of rotatable bonds is 7. The highest BCUT2D eigenvalue weighted by Gasteiger charge is 2.06. The van der Waals surface area contributed by atoms with Crippen LogP contribution in [-0.2, 0) is 0 Å². The minimum atomic E-state index is -2.39. The quantitative estimate of drug-likeness (QED) is 0.708. The maximum atomic E-state index is 12.5. The van der Waals surface area contributed by atoms with Crippen LogP contribution in [0, 0.1) is 5.92 Å². The van der Waals surface area contributed by atoms with Crippen molar-refractivity contribution in [2.45, 2.75) is 33.6 Å². The topological polar surface area (TPSA) is 12.0 Å². The van der Waals surface area contributed by atoms with Crippen molar-refractivity contribution in [3.8, 4) is 0 Å². The van der Waals surface area contributed by atoms with Gasteiger partial charge in [-0.2, -0.15) is 0 Å². The van der Waals surface area contributed by atoms with Gasteiger partial charge in [0.15, 0.2) is 0 Å². The minimum Gasteiger partial charge on any atom is -0.313 e. The molecule has 0 aliphatic carbocycles. The molecule has 1 aromatic carbocycles. The summed E-state index contributed by atoms with van der Waals surface area (Å²) in [7, 11) is 0. The normalized spacial score (nSPS) is 12.5. The summed E-state index contributed by atoms with van der Waals surface area (Å²) < 4.78 is 24.9. The summed E-state index contributed by atoms with van der Waals surface area (Å²) in [6.07, 6.45) is 0.797. The van der Waals surface area contributed by atoms with Crippen LogP contribution in [0.1, 0.15) is 44.7 Å². The Hall–Kier alpha value is -1.22. The number of hydrogen-bond acceptors (Lipinski definition) is 1. The van der Waals surface area contributed by atoms with Crippen LogP contribution in [-0.4, -0.2) is 13.1 Å². The fraction of sp³-hybridized carbons (Fsp3) is 0.500. The fourth-order valence-corrected chi connectivity index (χ4v) is 1.78. The van der Waals surface area contributed by atoms with Gasteiger partial charge in [0.05, 0.1) is 0 Å². The van der Waals surface area contributed by atoms with Crippen molar-refractivity contribution in [1.29, 1.82) is 0 Å². The van der Waals surface area contributed by atoms with E-state index in [1.54, 1.807) is 12.1 Å². The molecule has 0 saturated heterocycles. The average Bonchev–Trinajstić information content (AvgIpc) is 2.38. The van der Waals surface area contributed by atoms with Gasteiger partial charge in [0, 0.05) is 12.1 Å². The van der Waals surface area contributed by atoms with Crippen LogP contribution in [0.5, 0.6) is 0 Å². The summed E-state index contributed by atoms with van der Waals surface area (Å²) in [6, 6.07) is 6.50. The van der Waals surface area contributed by atoms with E-state index in [1.807, 2.05) is 0 Å². The van der Waals surface area contributed by atoms with Crippen molar-refractivity contribution in [2.75, 3.05) is 13.1 Å². The summed E-state index contributed by atoms with van der Waals surface area (Å²) >= 11 is 0. The highest BCUT2D eigenvalue weighted by molar-refractivity contribution is 5.54. The Morgan fingerprint density at radius 2 is 1.84 bits per heavy atom. The first-order valence-electron chi connectivity index (χ1n) is 6.83. The van der Waals surface area contributed by atoms with Gasteiger partial charge in [0.1, 0.15) is 0 Å². The number of alkyl halides is 2. The zero-order valence-corrected chi connectivity index (χ0v) is 11.9. The van der Waals surface area contributed by atoms with Crippen molar-refractivity contribution in [3.05, 3.63) is 41.0 Å². The van der Waals surface area contributed by atoms with Gasteiger partial charge in [-0.15, -0.1) is 0 Å². The molecule has 0 unspecified atom stereocenters. The first-order valence-corrected chi connectivity index (χ1v) is 6.83. The van der Waals surface area contributed by atoms with Crippen molar-refractivity contribution < 1.29 is 8.78 Å². The third-order valence-electron chi connectivity index (χ3n) is 3.04. The molecule has 106 valence electrons. The Balaban J connectivity index is 2.77. The van der Waals surface area contributed by atoms with E-state index in [4.69, 9.17) is 0 Å². The monoisotopic (exact) mass is 267 g/mol. The molecule has 0 spiro atoms. The van der Waals surface area contributed by atoms with Crippen LogP contribution in [0.25, 0.3) is 6.08 Å². The van der Waals surface area contributed by atoms with Crippen LogP contribution in [0.4, 0.5) is 8.78 Å². The van der Waals surface area contributed by atoms with Crippen LogP contribution in [0.15, 0.2) is 29.8 Å². The van der Waals surface area contributed by atoms with Crippen molar-refractivity contribution in [3.63, 3.8) is 0 Å². The molecular formula is C16H23F2N. The molecule has 0 aromatic heterocycles. The van der Waals surface area contributed by atoms with Gasteiger partial charge in [-0.1, -0.05) is 56.7 Å². The van der Waals surface area contributed by atoms with E-state index in [9.17, 15) is 8.78 Å². The molecule has 19 heavy (non-hydrogen) atoms. The molecule has 0 aliphatic heterocycles. The molecule has 1 N–H and O–H groups in total. The summed E-state index contributed by atoms with van der Waals surface area (Å²) in [5.74, 6) is 0.444. The Morgan fingerprint density at radius 3 is 2.32 bits per heavy atom. The van der Waals surface area contributed by atoms with Gasteiger partial charge in [-0.25, -0.2) is 8.78 Å². The van der Waals surface area contributed by atoms with Gasteiger partial charge >= 0.3 is 0 Å². The van der Waals surface area contributed by atoms with Gasteiger partial charge < -0.3 is 5.32 Å². The van der Waals surface area contributed by atoms with Crippen LogP contribution in [0.3, 0.4) is 0 Å². The second kappa shape index (κ2) is 8.05. The largest absolute Gasteiger partial charge is 0.313 e. The standard InChI is InChI=1S/C16H23F2N/c1-4-9-19-11-15(12(2)3)10-13-5-7-14(8-6-13)16(17)18/h5-8,10,12,16,19H,4,9,11H2,1-3H3/b15-10-. The number of halogens is 2. The zero-order valence-electron chi connectivity index (χ0n) is 11.9. The molecule has 3 heteroatoms. The molecular weight excluding hydrogens is 244 g/mol. The molecule has 0 aliphatic rings. The predicted octanol–water partition coefficient (Wildman–Crippen LogP) is 4.66. The third-order valence-corrected chi connectivity index (χ3v) is 3.04. The molecule has 0 radical (unpaired) electrons. The van der Waals surface area contributed by atoms with E-state index in [0.29, 0.717) is 5.92 Å². The second-order valence-electron chi connectivity index (χ2n) is 5.02. The Morgan fingerprint density at radius 1 is 1.21 bits per heavy atom. The Bertz CT molecular complexity index is 394. The first kappa shape index (κ1) is 15.8. The van der Waals surface area contributed by atoms with Crippen LogP contribution >= 0.6 is 0 Å². The number of nitrogens with one attached hydrogen (secondary N) is 1. The van der Waals surface area contributed by atoms with Gasteiger partial charge in [-0.3, -0.25) is 0 Å². The Labute approximate surface area is 114 Å². The predicted molar refractivity (Wildman–Crippen MR) is 77.4 cm³/mol. The van der Waals surface area contributed by atoms with Crippen LogP contribution in [0.2, 0.25) is 0 Å². The maximum absolute atomic E-state index is 12.5. The van der Waals surface area contributed by atoms with E-state index in [-0.39, 0.29) is 5.56 Å². The molecule has 1 rings (SSSR count). The Kier molecular flexibility index (Phi) is 6.71. The van der Waals surface area contributed by atoms with Gasteiger partial charge in [0.25, 0.3) is 6.43 Å². The lowest BCUT2D eigenvalue weighted by molar-refractivity contribution is 0.151. The molecule has 0 amide bonds. The molecule has 0 bridgehead atoms. The molecule has 1 aromatic rings. The minimum absolute atomic E-state index is 0.0763. The maximum Gasteiger partial charge on any atom is 0.263 e. The SMILES string of the molecule is CCCNC/C(=C/c1ccc(C(F)F)cc1)C(C)C. The molecule has 1 nitrogen and oxygen atoms in total. The summed E-state index contributed by atoms with van der Waals surface area (Å²) in [6.45, 7) is 8.27. The molecule has 0 heterocycles. The average molecular weight is 267 g/mol. The van der Waals surface area contributed by atoms with Crippen molar-refractivity contribution in [1.82, 2.24) is 5.32 Å². The highest BCUT2D eigenvalue weighted by atomic mass is 19.3. The molecule has 0 fully saturated rings. The van der Waals surface area contributed by atoms with E-state index in [0.717, 1.165) is 25.1 Å². The summed E-state index contributed by atoms with van der Waals surface area (Å²) in [4.78, 5) is 0. The van der Waals surface area contributed by atoms with Gasteiger partial charge in [0.2, 0.25) is 0 Å². The molecule has 0 atom stereocenters. The lowest BCUT2D eigenvalue weighted by atomic mass is 9.99. The van der Waals surface area contributed by atoms with Crippen molar-refractivity contribution in [2.24, 2.45) is 5.92 Å². The highest BCUT2D eigenvalue weighted by Crippen LogP contribution is 2.20. The first-order chi connectivity index (χ1) is 9.04. The van der Waals surface area contributed by atoms with Gasteiger partial charge in [-0.05, 0) is 24.4 Å². The number of benzene rings is 1. The second-order valence-corrected chi connectivity index (χ2v) is 5.02.